The number of halogens is 1. The predicted molar refractivity (Wildman–Crippen MR) is 88.6 cm³/mol. The zero-order chi connectivity index (χ0) is 15.6. The monoisotopic (exact) mass is 349 g/mol. The Morgan fingerprint density at radius 3 is 2.62 bits per heavy atom. The molecule has 1 aromatic carbocycles. The minimum absolute atomic E-state index is 0.00683. The quantitative estimate of drug-likeness (QED) is 0.909. The molecule has 4 nitrogen and oxygen atoms in total. The second-order valence-electron chi connectivity index (χ2n) is 5.32. The van der Waals surface area contributed by atoms with Gasteiger partial charge in [-0.15, -0.1) is 0 Å². The molecule has 0 atom stereocenters. The van der Waals surface area contributed by atoms with Gasteiger partial charge in [-0.1, -0.05) is 12.1 Å². The highest BCUT2D eigenvalue weighted by Gasteiger charge is 2.11. The first-order valence-corrected chi connectivity index (χ1v) is 7.74. The van der Waals surface area contributed by atoms with Crippen LogP contribution in [0.4, 0.5) is 5.69 Å². The summed E-state index contributed by atoms with van der Waals surface area (Å²) in [4.78, 5) is 12.1. The van der Waals surface area contributed by atoms with Crippen molar-refractivity contribution in [3.8, 4) is 0 Å². The second kappa shape index (κ2) is 6.43. The molecule has 1 amide bonds. The summed E-state index contributed by atoms with van der Waals surface area (Å²) in [6, 6.07) is 6.05. The van der Waals surface area contributed by atoms with Crippen LogP contribution in [0.2, 0.25) is 0 Å². The highest BCUT2D eigenvalue weighted by atomic mass is 79.9. The Bertz CT molecular complexity index is 676. The fourth-order valence-electron chi connectivity index (χ4n) is 2.18. The highest BCUT2D eigenvalue weighted by Crippen LogP contribution is 2.20. The molecule has 0 radical (unpaired) electrons. The van der Waals surface area contributed by atoms with Gasteiger partial charge in [-0.05, 0) is 60.8 Å². The van der Waals surface area contributed by atoms with E-state index in [1.165, 1.54) is 0 Å². The summed E-state index contributed by atoms with van der Waals surface area (Å²) in [5.41, 5.74) is 5.09. The number of hydrogen-bond acceptors (Lipinski definition) is 2. The van der Waals surface area contributed by atoms with E-state index in [9.17, 15) is 4.79 Å². The number of hydrogen-bond donors (Lipinski definition) is 1. The number of carbonyl (C=O) groups excluding carboxylic acids is 1. The van der Waals surface area contributed by atoms with Gasteiger partial charge in [-0.3, -0.25) is 9.48 Å². The third kappa shape index (κ3) is 3.73. The summed E-state index contributed by atoms with van der Waals surface area (Å²) in [6.45, 7) is 8.53. The molecule has 2 rings (SSSR count). The lowest BCUT2D eigenvalue weighted by molar-refractivity contribution is -0.116. The molecule has 0 aliphatic heterocycles. The number of rotatable bonds is 4. The van der Waals surface area contributed by atoms with Crippen LogP contribution in [-0.2, 0) is 11.3 Å². The molecule has 0 aliphatic rings. The standard InChI is InChI=1S/C16H20BrN3O/c1-10-5-6-11(2)14(9-10)18-15(21)7-8-20-13(4)16(17)12(3)19-20/h5-6,9H,7-8H2,1-4H3,(H,18,21). The van der Waals surface area contributed by atoms with Crippen LogP contribution in [0, 0.1) is 27.7 Å². The lowest BCUT2D eigenvalue weighted by Gasteiger charge is -2.10. The van der Waals surface area contributed by atoms with Gasteiger partial charge >= 0.3 is 0 Å². The van der Waals surface area contributed by atoms with E-state index in [0.717, 1.165) is 32.7 Å². The SMILES string of the molecule is Cc1ccc(C)c(NC(=O)CCn2nc(C)c(Br)c2C)c1. The van der Waals surface area contributed by atoms with Crippen molar-refractivity contribution in [2.24, 2.45) is 0 Å². The summed E-state index contributed by atoms with van der Waals surface area (Å²) in [6.07, 6.45) is 0.405. The van der Waals surface area contributed by atoms with Crippen molar-refractivity contribution in [1.29, 1.82) is 0 Å². The highest BCUT2D eigenvalue weighted by molar-refractivity contribution is 9.10. The van der Waals surface area contributed by atoms with Crippen LogP contribution < -0.4 is 5.32 Å². The van der Waals surface area contributed by atoms with Gasteiger partial charge in [0.05, 0.1) is 16.7 Å². The minimum atomic E-state index is 0.00683. The molecule has 1 aromatic heterocycles. The fraction of sp³-hybridized carbons (Fsp3) is 0.375. The number of aromatic nitrogens is 2. The Kier molecular flexibility index (Phi) is 4.83. The van der Waals surface area contributed by atoms with Gasteiger partial charge in [0.15, 0.2) is 0 Å². The van der Waals surface area contributed by atoms with E-state index in [4.69, 9.17) is 0 Å². The Morgan fingerprint density at radius 1 is 1.29 bits per heavy atom. The third-order valence-corrected chi connectivity index (χ3v) is 4.66. The van der Waals surface area contributed by atoms with Crippen LogP contribution in [0.1, 0.15) is 28.9 Å². The molecule has 0 aliphatic carbocycles. The molecule has 0 saturated heterocycles. The molecule has 1 N–H and O–H groups in total. The van der Waals surface area contributed by atoms with Crippen LogP contribution in [0.3, 0.4) is 0 Å². The Hall–Kier alpha value is -1.62. The second-order valence-corrected chi connectivity index (χ2v) is 6.12. The molecule has 112 valence electrons. The molecule has 0 spiro atoms. The molecule has 5 heteroatoms. The molecule has 2 aromatic rings. The average molecular weight is 350 g/mol. The normalized spacial score (nSPS) is 10.7. The summed E-state index contributed by atoms with van der Waals surface area (Å²) < 4.78 is 2.87. The van der Waals surface area contributed by atoms with Crippen LogP contribution >= 0.6 is 15.9 Å². The lowest BCUT2D eigenvalue weighted by Crippen LogP contribution is -2.16. The van der Waals surface area contributed by atoms with Gasteiger partial charge in [0, 0.05) is 17.8 Å². The van der Waals surface area contributed by atoms with Gasteiger partial charge in [0.2, 0.25) is 5.91 Å². The van der Waals surface area contributed by atoms with Crippen molar-refractivity contribution < 1.29 is 4.79 Å². The van der Waals surface area contributed by atoms with E-state index in [2.05, 4.69) is 26.3 Å². The van der Waals surface area contributed by atoms with Crippen molar-refractivity contribution in [3.05, 3.63) is 45.2 Å². The van der Waals surface area contributed by atoms with Crippen molar-refractivity contribution in [1.82, 2.24) is 9.78 Å². The first kappa shape index (κ1) is 15.8. The number of aryl methyl sites for hydroxylation is 4. The van der Waals surface area contributed by atoms with Crippen LogP contribution in [0.5, 0.6) is 0 Å². The Labute approximate surface area is 133 Å². The van der Waals surface area contributed by atoms with E-state index in [0.29, 0.717) is 13.0 Å². The van der Waals surface area contributed by atoms with Crippen LogP contribution in [0.25, 0.3) is 0 Å². The maximum Gasteiger partial charge on any atom is 0.226 e. The summed E-state index contributed by atoms with van der Waals surface area (Å²) >= 11 is 3.49. The van der Waals surface area contributed by atoms with Crippen LogP contribution in [0.15, 0.2) is 22.7 Å². The number of nitrogens with zero attached hydrogens (tertiary/aromatic N) is 2. The molecule has 1 heterocycles. The van der Waals surface area contributed by atoms with Gasteiger partial charge in [0.1, 0.15) is 0 Å². The smallest absolute Gasteiger partial charge is 0.226 e. The molecular weight excluding hydrogens is 330 g/mol. The van der Waals surface area contributed by atoms with Gasteiger partial charge in [-0.25, -0.2) is 0 Å². The van der Waals surface area contributed by atoms with E-state index < -0.39 is 0 Å². The molecule has 0 saturated carbocycles. The summed E-state index contributed by atoms with van der Waals surface area (Å²) in [5.74, 6) is 0.00683. The van der Waals surface area contributed by atoms with E-state index >= 15 is 0 Å². The lowest BCUT2D eigenvalue weighted by atomic mass is 10.1. The number of anilines is 1. The van der Waals surface area contributed by atoms with E-state index in [1.807, 2.05) is 50.6 Å². The molecule has 0 fully saturated rings. The van der Waals surface area contributed by atoms with E-state index in [-0.39, 0.29) is 5.91 Å². The maximum absolute atomic E-state index is 12.1. The van der Waals surface area contributed by atoms with E-state index in [1.54, 1.807) is 0 Å². The molecule has 0 bridgehead atoms. The third-order valence-electron chi connectivity index (χ3n) is 3.51. The topological polar surface area (TPSA) is 46.9 Å². The van der Waals surface area contributed by atoms with Crippen molar-refractivity contribution in [3.63, 3.8) is 0 Å². The zero-order valence-corrected chi connectivity index (χ0v) is 14.4. The number of carbonyl (C=O) groups is 1. The summed E-state index contributed by atoms with van der Waals surface area (Å²) in [5, 5.41) is 7.38. The van der Waals surface area contributed by atoms with Crippen molar-refractivity contribution in [2.75, 3.05) is 5.32 Å². The van der Waals surface area contributed by atoms with Crippen molar-refractivity contribution >= 4 is 27.5 Å². The fourth-order valence-corrected chi connectivity index (χ4v) is 2.47. The first-order chi connectivity index (χ1) is 9.88. The number of nitrogens with one attached hydrogen (secondary N) is 1. The van der Waals surface area contributed by atoms with Crippen LogP contribution in [-0.4, -0.2) is 15.7 Å². The molecule has 0 unspecified atom stereocenters. The molecular formula is C16H20BrN3O. The maximum atomic E-state index is 12.1. The zero-order valence-electron chi connectivity index (χ0n) is 12.8. The van der Waals surface area contributed by atoms with Gasteiger partial charge in [0.25, 0.3) is 0 Å². The number of amides is 1. The largest absolute Gasteiger partial charge is 0.326 e. The Morgan fingerprint density at radius 2 is 2.00 bits per heavy atom. The summed E-state index contributed by atoms with van der Waals surface area (Å²) in [7, 11) is 0. The average Bonchev–Trinajstić information content (AvgIpc) is 2.68. The van der Waals surface area contributed by atoms with Crippen molar-refractivity contribution in [2.45, 2.75) is 40.7 Å². The number of benzene rings is 1. The Balaban J connectivity index is 1.99. The van der Waals surface area contributed by atoms with Gasteiger partial charge < -0.3 is 5.32 Å². The minimum Gasteiger partial charge on any atom is -0.326 e. The predicted octanol–water partition coefficient (Wildman–Crippen LogP) is 3.91. The molecule has 21 heavy (non-hydrogen) atoms. The first-order valence-electron chi connectivity index (χ1n) is 6.95. The van der Waals surface area contributed by atoms with Gasteiger partial charge in [-0.2, -0.15) is 5.10 Å².